The molecule has 0 amide bonds. The standard InChI is InChI=1S/C16H14N2O2/c1-2-18-15(10-9-12-6-5-11-20-12)17-14-8-4-3-7-13(14)16(18)19/h3-11H,2H2,1H3. The molecule has 2 aromatic heterocycles. The number of para-hydroxylation sites is 1. The number of furan rings is 1. The molecule has 0 N–H and O–H groups in total. The first-order valence-electron chi connectivity index (χ1n) is 6.51. The van der Waals surface area contributed by atoms with E-state index in [1.54, 1.807) is 23.0 Å². The lowest BCUT2D eigenvalue weighted by molar-refractivity contribution is 0.557. The molecule has 0 atom stereocenters. The van der Waals surface area contributed by atoms with E-state index in [0.29, 0.717) is 23.3 Å². The second-order valence-electron chi connectivity index (χ2n) is 4.39. The van der Waals surface area contributed by atoms with Crippen molar-refractivity contribution in [2.24, 2.45) is 0 Å². The van der Waals surface area contributed by atoms with Crippen LogP contribution in [0.4, 0.5) is 0 Å². The Hall–Kier alpha value is -2.62. The Morgan fingerprint density at radius 2 is 2.05 bits per heavy atom. The highest BCUT2D eigenvalue weighted by atomic mass is 16.3. The van der Waals surface area contributed by atoms with Crippen LogP contribution < -0.4 is 5.56 Å². The average Bonchev–Trinajstić information content (AvgIpc) is 2.99. The maximum absolute atomic E-state index is 12.4. The van der Waals surface area contributed by atoms with E-state index >= 15 is 0 Å². The van der Waals surface area contributed by atoms with Gasteiger partial charge in [0.25, 0.3) is 5.56 Å². The molecular formula is C16H14N2O2. The van der Waals surface area contributed by atoms with Crippen LogP contribution in [0.3, 0.4) is 0 Å². The monoisotopic (exact) mass is 266 g/mol. The average molecular weight is 266 g/mol. The van der Waals surface area contributed by atoms with Gasteiger partial charge in [-0.25, -0.2) is 4.98 Å². The minimum absolute atomic E-state index is 0.0165. The SMILES string of the molecule is CCn1c(C=Cc2ccco2)nc2ccccc2c1=O. The highest BCUT2D eigenvalue weighted by molar-refractivity contribution is 5.79. The van der Waals surface area contributed by atoms with Crippen molar-refractivity contribution in [2.45, 2.75) is 13.5 Å². The molecular weight excluding hydrogens is 252 g/mol. The summed E-state index contributed by atoms with van der Waals surface area (Å²) in [5.74, 6) is 1.36. The highest BCUT2D eigenvalue weighted by Crippen LogP contribution is 2.11. The Kier molecular flexibility index (Phi) is 3.21. The van der Waals surface area contributed by atoms with E-state index in [9.17, 15) is 4.79 Å². The molecule has 0 aliphatic carbocycles. The van der Waals surface area contributed by atoms with Crippen LogP contribution in [0.1, 0.15) is 18.5 Å². The Morgan fingerprint density at radius 3 is 2.80 bits per heavy atom. The van der Waals surface area contributed by atoms with Crippen molar-refractivity contribution in [3.05, 3.63) is 64.6 Å². The van der Waals surface area contributed by atoms with Crippen molar-refractivity contribution in [1.82, 2.24) is 9.55 Å². The maximum Gasteiger partial charge on any atom is 0.261 e. The largest absolute Gasteiger partial charge is 0.465 e. The van der Waals surface area contributed by atoms with E-state index < -0.39 is 0 Å². The fourth-order valence-corrected chi connectivity index (χ4v) is 2.16. The van der Waals surface area contributed by atoms with Crippen LogP contribution >= 0.6 is 0 Å². The Balaban J connectivity index is 2.17. The summed E-state index contributed by atoms with van der Waals surface area (Å²) in [6, 6.07) is 11.1. The summed E-state index contributed by atoms with van der Waals surface area (Å²) in [5, 5.41) is 0.643. The summed E-state index contributed by atoms with van der Waals surface area (Å²) < 4.78 is 6.90. The molecule has 3 aromatic rings. The topological polar surface area (TPSA) is 48.0 Å². The normalized spacial score (nSPS) is 11.4. The van der Waals surface area contributed by atoms with Crippen molar-refractivity contribution in [3.8, 4) is 0 Å². The van der Waals surface area contributed by atoms with Crippen LogP contribution in [0.25, 0.3) is 23.1 Å². The number of hydrogen-bond acceptors (Lipinski definition) is 3. The lowest BCUT2D eigenvalue weighted by Gasteiger charge is -2.08. The minimum Gasteiger partial charge on any atom is -0.465 e. The number of aromatic nitrogens is 2. The zero-order chi connectivity index (χ0) is 13.9. The van der Waals surface area contributed by atoms with E-state index in [-0.39, 0.29) is 5.56 Å². The van der Waals surface area contributed by atoms with Crippen LogP contribution in [0.5, 0.6) is 0 Å². The molecule has 0 aliphatic rings. The molecule has 1 aromatic carbocycles. The smallest absolute Gasteiger partial charge is 0.261 e. The van der Waals surface area contributed by atoms with E-state index in [1.165, 1.54) is 0 Å². The van der Waals surface area contributed by atoms with E-state index in [0.717, 1.165) is 5.76 Å². The molecule has 0 spiro atoms. The van der Waals surface area contributed by atoms with Gasteiger partial charge >= 0.3 is 0 Å². The summed E-state index contributed by atoms with van der Waals surface area (Å²) >= 11 is 0. The number of fused-ring (bicyclic) bond motifs is 1. The summed E-state index contributed by atoms with van der Waals surface area (Å²) in [6.07, 6.45) is 5.22. The van der Waals surface area contributed by atoms with Gasteiger partial charge in [0.05, 0.1) is 17.2 Å². The van der Waals surface area contributed by atoms with Gasteiger partial charge in [0.2, 0.25) is 0 Å². The maximum atomic E-state index is 12.4. The van der Waals surface area contributed by atoms with Crippen molar-refractivity contribution in [3.63, 3.8) is 0 Å². The van der Waals surface area contributed by atoms with Crippen LogP contribution in [0.15, 0.2) is 51.9 Å². The molecule has 0 unspecified atom stereocenters. The Labute approximate surface area is 116 Å². The van der Waals surface area contributed by atoms with Gasteiger partial charge in [0, 0.05) is 6.54 Å². The molecule has 0 saturated heterocycles. The Bertz CT molecular complexity index is 814. The van der Waals surface area contributed by atoms with Crippen molar-refractivity contribution in [1.29, 1.82) is 0 Å². The molecule has 4 heteroatoms. The lowest BCUT2D eigenvalue weighted by atomic mass is 10.2. The van der Waals surface area contributed by atoms with Gasteiger partial charge in [-0.05, 0) is 43.3 Å². The first-order chi connectivity index (χ1) is 9.79. The molecule has 0 saturated carbocycles. The van der Waals surface area contributed by atoms with Gasteiger partial charge in [-0.15, -0.1) is 0 Å². The summed E-state index contributed by atoms with van der Waals surface area (Å²) in [7, 11) is 0. The molecule has 0 fully saturated rings. The minimum atomic E-state index is -0.0165. The van der Waals surface area contributed by atoms with Gasteiger partial charge in [-0.1, -0.05) is 12.1 Å². The van der Waals surface area contributed by atoms with Crippen molar-refractivity contribution < 1.29 is 4.42 Å². The van der Waals surface area contributed by atoms with Crippen LogP contribution in [0, 0.1) is 0 Å². The van der Waals surface area contributed by atoms with Crippen LogP contribution in [-0.4, -0.2) is 9.55 Å². The number of hydrogen-bond donors (Lipinski definition) is 0. The molecule has 3 rings (SSSR count). The number of rotatable bonds is 3. The van der Waals surface area contributed by atoms with E-state index in [4.69, 9.17) is 4.42 Å². The predicted molar refractivity (Wildman–Crippen MR) is 79.3 cm³/mol. The van der Waals surface area contributed by atoms with Gasteiger partial charge in [-0.2, -0.15) is 0 Å². The second-order valence-corrected chi connectivity index (χ2v) is 4.39. The second kappa shape index (κ2) is 5.17. The van der Waals surface area contributed by atoms with Gasteiger partial charge in [-0.3, -0.25) is 9.36 Å². The third kappa shape index (κ3) is 2.16. The third-order valence-corrected chi connectivity index (χ3v) is 3.15. The van der Waals surface area contributed by atoms with E-state index in [1.807, 2.05) is 43.3 Å². The van der Waals surface area contributed by atoms with Crippen molar-refractivity contribution >= 4 is 23.1 Å². The summed E-state index contributed by atoms with van der Waals surface area (Å²) in [5.41, 5.74) is 0.693. The van der Waals surface area contributed by atoms with Gasteiger partial charge < -0.3 is 4.42 Å². The molecule has 4 nitrogen and oxygen atoms in total. The molecule has 0 radical (unpaired) electrons. The zero-order valence-corrected chi connectivity index (χ0v) is 11.1. The molecule has 0 aliphatic heterocycles. The molecule has 2 heterocycles. The fraction of sp³-hybridized carbons (Fsp3) is 0.125. The zero-order valence-electron chi connectivity index (χ0n) is 11.1. The van der Waals surface area contributed by atoms with Crippen molar-refractivity contribution in [2.75, 3.05) is 0 Å². The van der Waals surface area contributed by atoms with Gasteiger partial charge in [0.15, 0.2) is 0 Å². The number of nitrogens with zero attached hydrogens (tertiary/aromatic N) is 2. The van der Waals surface area contributed by atoms with Crippen LogP contribution in [-0.2, 0) is 6.54 Å². The molecule has 20 heavy (non-hydrogen) atoms. The quantitative estimate of drug-likeness (QED) is 0.731. The predicted octanol–water partition coefficient (Wildman–Crippen LogP) is 3.18. The van der Waals surface area contributed by atoms with Gasteiger partial charge in [0.1, 0.15) is 11.6 Å². The highest BCUT2D eigenvalue weighted by Gasteiger charge is 2.07. The first-order valence-corrected chi connectivity index (χ1v) is 6.51. The summed E-state index contributed by atoms with van der Waals surface area (Å²) in [4.78, 5) is 16.9. The third-order valence-electron chi connectivity index (χ3n) is 3.15. The Morgan fingerprint density at radius 1 is 1.20 bits per heavy atom. The van der Waals surface area contributed by atoms with E-state index in [2.05, 4.69) is 4.98 Å². The molecule has 100 valence electrons. The molecule has 0 bridgehead atoms. The number of benzene rings is 1. The fourth-order valence-electron chi connectivity index (χ4n) is 2.16. The lowest BCUT2D eigenvalue weighted by Crippen LogP contribution is -2.22. The van der Waals surface area contributed by atoms with Crippen LogP contribution in [0.2, 0.25) is 0 Å². The summed E-state index contributed by atoms with van der Waals surface area (Å²) in [6.45, 7) is 2.51. The first kappa shape index (κ1) is 12.4.